The molecule has 3 nitrogen and oxygen atoms in total. The lowest BCUT2D eigenvalue weighted by molar-refractivity contribution is -0.107. The molecule has 0 heterocycles. The lowest BCUT2D eigenvalue weighted by Gasteiger charge is -2.09. The highest BCUT2D eigenvalue weighted by atomic mass is 16.7. The van der Waals surface area contributed by atoms with E-state index in [-0.39, 0.29) is 13.2 Å². The van der Waals surface area contributed by atoms with Gasteiger partial charge >= 0.3 is 0 Å². The van der Waals surface area contributed by atoms with E-state index in [1.54, 1.807) is 0 Å². The molecule has 0 aromatic heterocycles. The summed E-state index contributed by atoms with van der Waals surface area (Å²) in [6.07, 6.45) is 4.40. The largest absolute Gasteiger partial charge is 0.394 e. The molecule has 0 saturated carbocycles. The summed E-state index contributed by atoms with van der Waals surface area (Å²) in [6.45, 7) is 2.52. The van der Waals surface area contributed by atoms with Gasteiger partial charge in [0.25, 0.3) is 0 Å². The monoisotopic (exact) mass is 144 g/mol. The van der Waals surface area contributed by atoms with Crippen molar-refractivity contribution in [2.45, 2.75) is 13.2 Å². The van der Waals surface area contributed by atoms with Crippen molar-refractivity contribution >= 4 is 0 Å². The smallest absolute Gasteiger partial charge is 0.222 e. The third-order valence-corrected chi connectivity index (χ3v) is 0.815. The van der Waals surface area contributed by atoms with Gasteiger partial charge in [0, 0.05) is 6.61 Å². The number of ether oxygens (including phenoxy) is 2. The van der Waals surface area contributed by atoms with Gasteiger partial charge in [0.1, 0.15) is 0 Å². The van der Waals surface area contributed by atoms with Crippen LogP contribution in [0.2, 0.25) is 0 Å². The van der Waals surface area contributed by atoms with Crippen LogP contribution in [0.3, 0.4) is 0 Å². The van der Waals surface area contributed by atoms with Crippen LogP contribution in [0.5, 0.6) is 0 Å². The third kappa shape index (κ3) is 4.33. The average molecular weight is 144 g/mol. The minimum absolute atomic E-state index is 0.0365. The molecule has 0 aromatic carbocycles. The number of aliphatic hydroxyl groups is 1. The number of hydrogen-bond donors (Lipinski definition) is 1. The molecule has 0 aromatic rings. The Morgan fingerprint density at radius 1 is 1.60 bits per heavy atom. The molecule has 0 saturated heterocycles. The van der Waals surface area contributed by atoms with Crippen molar-refractivity contribution in [2.24, 2.45) is 0 Å². The summed E-state index contributed by atoms with van der Waals surface area (Å²) in [4.78, 5) is 0. The van der Waals surface area contributed by atoms with Gasteiger partial charge in [-0.15, -0.1) is 6.42 Å². The molecular formula is C7H12O3. The van der Waals surface area contributed by atoms with Crippen molar-refractivity contribution in [3.63, 3.8) is 0 Å². The topological polar surface area (TPSA) is 38.7 Å². The first-order chi connectivity index (χ1) is 4.85. The SMILES string of the molecule is C#CC(OCC)OCCO. The van der Waals surface area contributed by atoms with E-state index < -0.39 is 6.29 Å². The van der Waals surface area contributed by atoms with E-state index in [0.29, 0.717) is 6.61 Å². The van der Waals surface area contributed by atoms with Crippen molar-refractivity contribution in [1.82, 2.24) is 0 Å². The van der Waals surface area contributed by atoms with Crippen molar-refractivity contribution in [3.05, 3.63) is 0 Å². The van der Waals surface area contributed by atoms with E-state index >= 15 is 0 Å². The van der Waals surface area contributed by atoms with Crippen molar-refractivity contribution in [1.29, 1.82) is 0 Å². The van der Waals surface area contributed by atoms with Crippen LogP contribution in [0.4, 0.5) is 0 Å². The zero-order valence-corrected chi connectivity index (χ0v) is 6.04. The standard InChI is InChI=1S/C7H12O3/c1-3-7(9-4-2)10-6-5-8/h1,7-8H,4-6H2,2H3. The summed E-state index contributed by atoms with van der Waals surface area (Å²) in [7, 11) is 0. The van der Waals surface area contributed by atoms with Gasteiger partial charge in [0.15, 0.2) is 0 Å². The van der Waals surface area contributed by atoms with Gasteiger partial charge in [-0.1, -0.05) is 0 Å². The highest BCUT2D eigenvalue weighted by molar-refractivity contribution is 4.88. The van der Waals surface area contributed by atoms with Gasteiger partial charge in [-0.2, -0.15) is 0 Å². The van der Waals surface area contributed by atoms with E-state index in [9.17, 15) is 0 Å². The number of aliphatic hydroxyl groups excluding tert-OH is 1. The van der Waals surface area contributed by atoms with Gasteiger partial charge < -0.3 is 14.6 Å². The second-order valence-electron chi connectivity index (χ2n) is 1.55. The molecule has 0 radical (unpaired) electrons. The number of hydrogen-bond acceptors (Lipinski definition) is 3. The minimum Gasteiger partial charge on any atom is -0.394 e. The van der Waals surface area contributed by atoms with Crippen LogP contribution in [0.15, 0.2) is 0 Å². The normalized spacial score (nSPS) is 12.5. The van der Waals surface area contributed by atoms with Gasteiger partial charge in [0.05, 0.1) is 13.2 Å². The van der Waals surface area contributed by atoms with Gasteiger partial charge in [-0.05, 0) is 12.8 Å². The lowest BCUT2D eigenvalue weighted by Crippen LogP contribution is -2.16. The molecule has 1 unspecified atom stereocenters. The molecule has 10 heavy (non-hydrogen) atoms. The van der Waals surface area contributed by atoms with Crippen LogP contribution in [0, 0.1) is 12.3 Å². The van der Waals surface area contributed by atoms with Crippen molar-refractivity contribution in [3.8, 4) is 12.3 Å². The highest BCUT2D eigenvalue weighted by Crippen LogP contribution is 1.91. The summed E-state index contributed by atoms with van der Waals surface area (Å²) in [6, 6.07) is 0. The van der Waals surface area contributed by atoms with Crippen LogP contribution in [0.1, 0.15) is 6.92 Å². The molecule has 58 valence electrons. The summed E-state index contributed by atoms with van der Waals surface area (Å²) in [5.41, 5.74) is 0. The van der Waals surface area contributed by atoms with Crippen molar-refractivity contribution in [2.75, 3.05) is 19.8 Å². The maximum atomic E-state index is 8.33. The average Bonchev–Trinajstić information content (AvgIpc) is 1.98. The molecule has 0 spiro atoms. The molecule has 0 aliphatic carbocycles. The second-order valence-corrected chi connectivity index (χ2v) is 1.55. The molecule has 0 fully saturated rings. The third-order valence-electron chi connectivity index (χ3n) is 0.815. The fraction of sp³-hybridized carbons (Fsp3) is 0.714. The fourth-order valence-electron chi connectivity index (χ4n) is 0.455. The Bertz CT molecular complexity index is 106. The maximum absolute atomic E-state index is 8.33. The van der Waals surface area contributed by atoms with Crippen molar-refractivity contribution < 1.29 is 14.6 Å². The zero-order valence-electron chi connectivity index (χ0n) is 6.04. The summed E-state index contributed by atoms with van der Waals surface area (Å²) in [5, 5.41) is 8.33. The molecule has 1 atom stereocenters. The number of rotatable bonds is 5. The predicted octanol–water partition coefficient (Wildman–Crippen LogP) is -0.00890. The fourth-order valence-corrected chi connectivity index (χ4v) is 0.455. The van der Waals surface area contributed by atoms with Crippen LogP contribution in [0.25, 0.3) is 0 Å². The van der Waals surface area contributed by atoms with Crippen LogP contribution < -0.4 is 0 Å². The Balaban J connectivity index is 3.33. The van der Waals surface area contributed by atoms with E-state index in [1.165, 1.54) is 0 Å². The Labute approximate surface area is 60.9 Å². The molecule has 0 rings (SSSR count). The second kappa shape index (κ2) is 6.56. The highest BCUT2D eigenvalue weighted by Gasteiger charge is 2.00. The van der Waals surface area contributed by atoms with Crippen LogP contribution in [-0.4, -0.2) is 31.2 Å². The Morgan fingerprint density at radius 3 is 2.70 bits per heavy atom. The van der Waals surface area contributed by atoms with E-state index in [1.807, 2.05) is 6.92 Å². The summed E-state index contributed by atoms with van der Waals surface area (Å²) >= 11 is 0. The van der Waals surface area contributed by atoms with E-state index in [2.05, 4.69) is 5.92 Å². The molecule has 0 aliphatic rings. The molecule has 0 bridgehead atoms. The lowest BCUT2D eigenvalue weighted by atomic mass is 10.6. The first kappa shape index (κ1) is 9.44. The summed E-state index contributed by atoms with van der Waals surface area (Å²) in [5.74, 6) is 2.28. The molecule has 3 heteroatoms. The van der Waals surface area contributed by atoms with Gasteiger partial charge in [0.2, 0.25) is 6.29 Å². The first-order valence-corrected chi connectivity index (χ1v) is 3.15. The summed E-state index contributed by atoms with van der Waals surface area (Å²) < 4.78 is 9.80. The molecule has 0 amide bonds. The Morgan fingerprint density at radius 2 is 2.30 bits per heavy atom. The quantitative estimate of drug-likeness (QED) is 0.435. The Kier molecular flexibility index (Phi) is 6.19. The van der Waals surface area contributed by atoms with E-state index in [4.69, 9.17) is 21.0 Å². The van der Waals surface area contributed by atoms with Gasteiger partial charge in [-0.25, -0.2) is 0 Å². The maximum Gasteiger partial charge on any atom is 0.222 e. The molecule has 1 N–H and O–H groups in total. The minimum atomic E-state index is -0.614. The zero-order chi connectivity index (χ0) is 7.82. The predicted molar refractivity (Wildman–Crippen MR) is 37.3 cm³/mol. The molecule has 0 aliphatic heterocycles. The molecular weight excluding hydrogens is 132 g/mol. The first-order valence-electron chi connectivity index (χ1n) is 3.15. The van der Waals surface area contributed by atoms with Crippen LogP contribution >= 0.6 is 0 Å². The number of terminal acetylenes is 1. The van der Waals surface area contributed by atoms with E-state index in [0.717, 1.165) is 0 Å². The van der Waals surface area contributed by atoms with Gasteiger partial charge in [-0.3, -0.25) is 0 Å². The van der Waals surface area contributed by atoms with Crippen LogP contribution in [-0.2, 0) is 9.47 Å². The Hall–Kier alpha value is -0.560.